The predicted octanol–water partition coefficient (Wildman–Crippen LogP) is 4.62. The zero-order chi connectivity index (χ0) is 22.5. The van der Waals surface area contributed by atoms with Crippen LogP contribution in [0.2, 0.25) is 0 Å². The number of rotatable bonds is 6. The molecule has 32 heavy (non-hydrogen) atoms. The molecule has 6 heteroatoms. The van der Waals surface area contributed by atoms with Gasteiger partial charge in [-0.25, -0.2) is 0 Å². The highest BCUT2D eigenvalue weighted by Gasteiger charge is 2.15. The Morgan fingerprint density at radius 3 is 2.56 bits per heavy atom. The van der Waals surface area contributed by atoms with E-state index in [-0.39, 0.29) is 5.56 Å². The number of aryl methyl sites for hydroxylation is 2. The van der Waals surface area contributed by atoms with Gasteiger partial charge in [-0.3, -0.25) is 9.78 Å². The number of thiocarbonyl (C=S) groups is 1. The van der Waals surface area contributed by atoms with Gasteiger partial charge in [-0.05, 0) is 66.3 Å². The number of hydrogen-bond donors (Lipinski definition) is 2. The number of benzene rings is 2. The summed E-state index contributed by atoms with van der Waals surface area (Å²) in [4.78, 5) is 22.2. The van der Waals surface area contributed by atoms with Gasteiger partial charge in [-0.15, -0.1) is 0 Å². The quantitative estimate of drug-likeness (QED) is 0.427. The van der Waals surface area contributed by atoms with Crippen molar-refractivity contribution in [2.45, 2.75) is 33.5 Å². The van der Waals surface area contributed by atoms with Crippen LogP contribution in [0.1, 0.15) is 27.8 Å². The summed E-state index contributed by atoms with van der Waals surface area (Å²) < 4.78 is 0. The van der Waals surface area contributed by atoms with E-state index in [0.29, 0.717) is 30.3 Å². The molecule has 0 bridgehead atoms. The van der Waals surface area contributed by atoms with E-state index in [9.17, 15) is 4.79 Å². The van der Waals surface area contributed by atoms with Crippen molar-refractivity contribution >= 4 is 28.2 Å². The Morgan fingerprint density at radius 2 is 1.81 bits per heavy atom. The third kappa shape index (κ3) is 5.21. The lowest BCUT2D eigenvalue weighted by Gasteiger charge is -2.26. The van der Waals surface area contributed by atoms with Crippen molar-refractivity contribution < 1.29 is 0 Å². The molecule has 4 rings (SSSR count). The number of hydrogen-bond acceptors (Lipinski definition) is 3. The minimum absolute atomic E-state index is 0.0912. The van der Waals surface area contributed by atoms with Gasteiger partial charge in [0.2, 0.25) is 0 Å². The molecule has 0 saturated heterocycles. The molecule has 0 aliphatic rings. The van der Waals surface area contributed by atoms with E-state index in [1.807, 2.05) is 54.4 Å². The monoisotopic (exact) mass is 442 g/mol. The first-order chi connectivity index (χ1) is 15.5. The molecule has 0 spiro atoms. The van der Waals surface area contributed by atoms with Crippen molar-refractivity contribution in [2.75, 3.05) is 0 Å². The first-order valence-electron chi connectivity index (χ1n) is 10.6. The van der Waals surface area contributed by atoms with Crippen LogP contribution >= 0.6 is 12.2 Å². The maximum atomic E-state index is 12.9. The number of H-pyrrole nitrogens is 1. The standard InChI is InChI=1S/C26H26N4OS/c1-18-11-19(2)24-22(12-18)13-23(25(31)29-24)17-30(16-21-9-6-10-27-14-21)26(32)28-15-20-7-4-3-5-8-20/h3-14H,15-17H2,1-2H3,(H,28,32)(H,29,31). The molecule has 0 atom stereocenters. The first kappa shape index (κ1) is 21.7. The molecule has 0 saturated carbocycles. The number of pyridine rings is 2. The van der Waals surface area contributed by atoms with Gasteiger partial charge in [-0.1, -0.05) is 48.0 Å². The molecule has 5 nitrogen and oxygen atoms in total. The highest BCUT2D eigenvalue weighted by molar-refractivity contribution is 7.80. The third-order valence-corrected chi connectivity index (χ3v) is 5.80. The summed E-state index contributed by atoms with van der Waals surface area (Å²) in [5, 5.41) is 4.96. The summed E-state index contributed by atoms with van der Waals surface area (Å²) in [5.74, 6) is 0. The lowest BCUT2D eigenvalue weighted by atomic mass is 10.1. The fourth-order valence-corrected chi connectivity index (χ4v) is 4.05. The van der Waals surface area contributed by atoms with Gasteiger partial charge in [-0.2, -0.15) is 0 Å². The van der Waals surface area contributed by atoms with Gasteiger partial charge in [0.25, 0.3) is 5.56 Å². The van der Waals surface area contributed by atoms with Crippen LogP contribution in [-0.2, 0) is 19.6 Å². The largest absolute Gasteiger partial charge is 0.358 e. The second kappa shape index (κ2) is 9.75. The highest BCUT2D eigenvalue weighted by atomic mass is 32.1. The molecule has 0 aliphatic carbocycles. The van der Waals surface area contributed by atoms with E-state index in [0.717, 1.165) is 27.6 Å². The molecule has 2 aromatic carbocycles. The summed E-state index contributed by atoms with van der Waals surface area (Å²) in [6.45, 7) is 5.65. The lowest BCUT2D eigenvalue weighted by Crippen LogP contribution is -2.39. The average Bonchev–Trinajstić information content (AvgIpc) is 2.79. The average molecular weight is 443 g/mol. The molecular formula is C26H26N4OS. The molecule has 0 radical (unpaired) electrons. The smallest absolute Gasteiger partial charge is 0.253 e. The van der Waals surface area contributed by atoms with Crippen molar-refractivity contribution in [3.05, 3.63) is 111 Å². The summed E-state index contributed by atoms with van der Waals surface area (Å²) in [6.07, 6.45) is 3.57. The lowest BCUT2D eigenvalue weighted by molar-refractivity contribution is 0.396. The summed E-state index contributed by atoms with van der Waals surface area (Å²) in [6, 6.07) is 20.2. The Hall–Kier alpha value is -3.51. The molecule has 2 aromatic heterocycles. The maximum Gasteiger partial charge on any atom is 0.253 e. The summed E-state index contributed by atoms with van der Waals surface area (Å²) in [5.41, 5.74) is 5.87. The molecule has 0 aliphatic heterocycles. The van der Waals surface area contributed by atoms with Crippen molar-refractivity contribution in [1.82, 2.24) is 20.2 Å². The number of fused-ring (bicyclic) bond motifs is 1. The van der Waals surface area contributed by atoms with Crippen LogP contribution in [0, 0.1) is 13.8 Å². The Kier molecular flexibility index (Phi) is 6.61. The minimum atomic E-state index is -0.0912. The van der Waals surface area contributed by atoms with Crippen LogP contribution in [0.25, 0.3) is 10.9 Å². The van der Waals surface area contributed by atoms with Gasteiger partial charge in [0.1, 0.15) is 0 Å². The molecule has 4 aromatic rings. The van der Waals surface area contributed by atoms with Crippen LogP contribution in [0.4, 0.5) is 0 Å². The predicted molar refractivity (Wildman–Crippen MR) is 133 cm³/mol. The Morgan fingerprint density at radius 1 is 1.03 bits per heavy atom. The maximum absolute atomic E-state index is 12.9. The van der Waals surface area contributed by atoms with E-state index in [1.165, 1.54) is 5.56 Å². The number of nitrogens with zero attached hydrogens (tertiary/aromatic N) is 2. The SMILES string of the molecule is Cc1cc(C)c2[nH]c(=O)c(CN(Cc3cccnc3)C(=S)NCc3ccccc3)cc2c1. The van der Waals surface area contributed by atoms with Gasteiger partial charge in [0.15, 0.2) is 5.11 Å². The Bertz CT molecular complexity index is 1290. The normalized spacial score (nSPS) is 10.8. The Labute approximate surface area is 193 Å². The van der Waals surface area contributed by atoms with Crippen molar-refractivity contribution in [2.24, 2.45) is 0 Å². The zero-order valence-corrected chi connectivity index (χ0v) is 19.1. The number of aromatic nitrogens is 2. The topological polar surface area (TPSA) is 61.0 Å². The van der Waals surface area contributed by atoms with Crippen LogP contribution in [0.3, 0.4) is 0 Å². The van der Waals surface area contributed by atoms with Crippen molar-refractivity contribution in [3.63, 3.8) is 0 Å². The van der Waals surface area contributed by atoms with Crippen molar-refractivity contribution in [1.29, 1.82) is 0 Å². The van der Waals surface area contributed by atoms with Gasteiger partial charge >= 0.3 is 0 Å². The van der Waals surface area contributed by atoms with E-state index in [1.54, 1.807) is 6.20 Å². The van der Waals surface area contributed by atoms with Gasteiger partial charge < -0.3 is 15.2 Å². The number of nitrogens with one attached hydrogen (secondary N) is 2. The fraction of sp³-hybridized carbons (Fsp3) is 0.192. The Balaban J connectivity index is 1.61. The van der Waals surface area contributed by atoms with Gasteiger partial charge in [0.05, 0.1) is 12.1 Å². The second-order valence-electron chi connectivity index (χ2n) is 8.03. The van der Waals surface area contributed by atoms with Gasteiger partial charge in [0, 0.05) is 31.0 Å². The second-order valence-corrected chi connectivity index (χ2v) is 8.42. The van der Waals surface area contributed by atoms with Crippen LogP contribution in [0.5, 0.6) is 0 Å². The van der Waals surface area contributed by atoms with Crippen LogP contribution < -0.4 is 10.9 Å². The third-order valence-electron chi connectivity index (χ3n) is 5.40. The van der Waals surface area contributed by atoms with E-state index in [4.69, 9.17) is 12.2 Å². The molecule has 162 valence electrons. The molecule has 2 N–H and O–H groups in total. The van der Waals surface area contributed by atoms with E-state index in [2.05, 4.69) is 46.5 Å². The first-order valence-corrected chi connectivity index (χ1v) is 11.0. The van der Waals surface area contributed by atoms with Crippen LogP contribution in [0.15, 0.2) is 77.9 Å². The van der Waals surface area contributed by atoms with Crippen molar-refractivity contribution in [3.8, 4) is 0 Å². The number of aromatic amines is 1. The molecule has 0 fully saturated rings. The van der Waals surface area contributed by atoms with E-state index >= 15 is 0 Å². The summed E-state index contributed by atoms with van der Waals surface area (Å²) >= 11 is 5.74. The minimum Gasteiger partial charge on any atom is -0.358 e. The van der Waals surface area contributed by atoms with E-state index < -0.39 is 0 Å². The highest BCUT2D eigenvalue weighted by Crippen LogP contribution is 2.19. The molecule has 0 amide bonds. The van der Waals surface area contributed by atoms with Crippen LogP contribution in [-0.4, -0.2) is 20.0 Å². The molecule has 0 unspecified atom stereocenters. The molecule has 2 heterocycles. The zero-order valence-electron chi connectivity index (χ0n) is 18.3. The fourth-order valence-electron chi connectivity index (χ4n) is 3.85. The summed E-state index contributed by atoms with van der Waals surface area (Å²) in [7, 11) is 0. The molecular weight excluding hydrogens is 416 g/mol.